The number of hydrogen-bond acceptors (Lipinski definition) is 7. The van der Waals surface area contributed by atoms with Crippen LogP contribution in [-0.4, -0.2) is 68.9 Å². The van der Waals surface area contributed by atoms with Crippen LogP contribution in [0.4, 0.5) is 0 Å². The highest BCUT2D eigenvalue weighted by Crippen LogP contribution is 2.48. The van der Waals surface area contributed by atoms with Gasteiger partial charge in [0, 0.05) is 30.5 Å². The van der Waals surface area contributed by atoms with E-state index < -0.39 is 56.3 Å². The van der Waals surface area contributed by atoms with Crippen LogP contribution >= 0.6 is 0 Å². The molecule has 2 aliphatic heterocycles. The Bertz CT molecular complexity index is 847. The van der Waals surface area contributed by atoms with Crippen molar-refractivity contribution in [2.75, 3.05) is 12.3 Å². The molecule has 27 heavy (non-hydrogen) atoms. The minimum atomic E-state index is -4.84. The first kappa shape index (κ1) is 21.5. The molecule has 1 saturated heterocycles. The predicted octanol–water partition coefficient (Wildman–Crippen LogP) is -1.00. The number of aliphatic carboxylic acids is 1. The van der Waals surface area contributed by atoms with Crippen LogP contribution < -0.4 is 5.32 Å². The third kappa shape index (κ3) is 4.36. The Morgan fingerprint density at radius 3 is 2.48 bits per heavy atom. The van der Waals surface area contributed by atoms with Crippen molar-refractivity contribution in [2.24, 2.45) is 5.92 Å². The number of carbonyl (C=O) groups excluding carboxylic acids is 2. The van der Waals surface area contributed by atoms with Gasteiger partial charge in [-0.15, -0.1) is 0 Å². The number of β-lactam (4-membered cyclic amide) rings is 1. The molecule has 0 radical (unpaired) electrons. The lowest BCUT2D eigenvalue weighted by atomic mass is 9.76. The molecule has 3 unspecified atom stereocenters. The van der Waals surface area contributed by atoms with Crippen molar-refractivity contribution in [3.05, 3.63) is 10.6 Å². The fourth-order valence-electron chi connectivity index (χ4n) is 3.40. The predicted molar refractivity (Wildman–Crippen MR) is 91.8 cm³/mol. The van der Waals surface area contributed by atoms with Crippen molar-refractivity contribution in [1.29, 1.82) is 0 Å². The maximum Gasteiger partial charge on any atom is 0.397 e. The van der Waals surface area contributed by atoms with E-state index in [0.717, 1.165) is 4.90 Å². The molecular formula is C14H20N2O9S2. The molecule has 0 aromatic heterocycles. The monoisotopic (exact) mass is 424 g/mol. The molecule has 0 bridgehead atoms. The van der Waals surface area contributed by atoms with E-state index in [4.69, 9.17) is 4.55 Å². The lowest BCUT2D eigenvalue weighted by molar-refractivity contribution is -0.166. The number of fused-ring (bicyclic) bond motifs is 1. The normalized spacial score (nSPS) is 23.7. The van der Waals surface area contributed by atoms with E-state index in [1.165, 1.54) is 20.8 Å². The van der Waals surface area contributed by atoms with E-state index in [1.807, 2.05) is 0 Å². The van der Waals surface area contributed by atoms with Crippen LogP contribution in [0.3, 0.4) is 0 Å². The first-order valence-electron chi connectivity index (χ1n) is 7.86. The maximum absolute atomic E-state index is 12.5. The van der Waals surface area contributed by atoms with Gasteiger partial charge in [-0.25, -0.2) is 8.98 Å². The van der Waals surface area contributed by atoms with Crippen LogP contribution in [0.15, 0.2) is 10.6 Å². The summed E-state index contributed by atoms with van der Waals surface area (Å²) >= 11 is 0. The smallest absolute Gasteiger partial charge is 0.397 e. The molecule has 11 nitrogen and oxygen atoms in total. The first-order valence-corrected chi connectivity index (χ1v) is 10.5. The van der Waals surface area contributed by atoms with Crippen LogP contribution in [0.5, 0.6) is 0 Å². The third-order valence-corrected chi connectivity index (χ3v) is 6.45. The summed E-state index contributed by atoms with van der Waals surface area (Å²) in [6.45, 7) is 3.92. The van der Waals surface area contributed by atoms with Crippen molar-refractivity contribution >= 4 is 39.0 Å². The van der Waals surface area contributed by atoms with Gasteiger partial charge in [0.15, 0.2) is 0 Å². The van der Waals surface area contributed by atoms with Crippen LogP contribution in [0.2, 0.25) is 0 Å². The van der Waals surface area contributed by atoms with E-state index in [2.05, 4.69) is 9.50 Å². The Morgan fingerprint density at radius 2 is 2.00 bits per heavy atom. The van der Waals surface area contributed by atoms with E-state index in [-0.39, 0.29) is 29.5 Å². The summed E-state index contributed by atoms with van der Waals surface area (Å²) in [5.74, 6) is -3.52. The lowest BCUT2D eigenvalue weighted by Gasteiger charge is -2.49. The fraction of sp³-hybridized carbons (Fsp3) is 0.643. The molecule has 0 spiro atoms. The molecule has 2 rings (SSSR count). The highest BCUT2D eigenvalue weighted by Gasteiger charge is 2.62. The minimum absolute atomic E-state index is 0.0317. The van der Waals surface area contributed by atoms with Crippen molar-refractivity contribution in [3.63, 3.8) is 0 Å². The largest absolute Gasteiger partial charge is 0.477 e. The molecule has 2 aliphatic rings. The molecule has 0 aromatic carbocycles. The van der Waals surface area contributed by atoms with Gasteiger partial charge >= 0.3 is 16.4 Å². The van der Waals surface area contributed by atoms with Gasteiger partial charge in [0.2, 0.25) is 11.8 Å². The second-order valence-electron chi connectivity index (χ2n) is 6.68. The molecule has 3 N–H and O–H groups in total. The molecule has 0 aliphatic carbocycles. The zero-order valence-corrected chi connectivity index (χ0v) is 16.4. The number of hydrogen-bond donors (Lipinski definition) is 3. The van der Waals surface area contributed by atoms with Gasteiger partial charge in [-0.05, 0) is 13.8 Å². The van der Waals surface area contributed by atoms with Crippen molar-refractivity contribution < 1.29 is 40.9 Å². The standard InChI is InChI=1S/C14H20N2O9S2/c1-7(17)15-4-5-26(21)9-6-8-10(14(2,3)25-27(22,23)24)12(18)16(8)11(9)13(19)20/h8,10H,4-6H2,1-3H3,(H,15,17)(H,19,20)(H,22,23,24). The zero-order chi connectivity index (χ0) is 20.7. The molecule has 152 valence electrons. The number of rotatable bonds is 8. The third-order valence-electron chi connectivity index (χ3n) is 4.33. The van der Waals surface area contributed by atoms with Gasteiger partial charge in [0.25, 0.3) is 0 Å². The average molecular weight is 424 g/mol. The van der Waals surface area contributed by atoms with Gasteiger partial charge in [-0.2, -0.15) is 8.42 Å². The molecule has 13 heteroatoms. The molecule has 3 atom stereocenters. The van der Waals surface area contributed by atoms with Crippen molar-refractivity contribution in [3.8, 4) is 0 Å². The molecule has 2 heterocycles. The summed E-state index contributed by atoms with van der Waals surface area (Å²) in [6.07, 6.45) is -0.0387. The van der Waals surface area contributed by atoms with Gasteiger partial charge in [-0.1, -0.05) is 0 Å². The summed E-state index contributed by atoms with van der Waals surface area (Å²) < 4.78 is 48.0. The van der Waals surface area contributed by atoms with Crippen LogP contribution in [0, 0.1) is 5.92 Å². The number of carboxylic acid groups (broad SMARTS) is 1. The number of amides is 2. The number of carbonyl (C=O) groups is 3. The average Bonchev–Trinajstić information content (AvgIpc) is 2.78. The topological polar surface area (TPSA) is 167 Å². The summed E-state index contributed by atoms with van der Waals surface area (Å²) in [4.78, 5) is 36.0. The molecule has 0 aromatic rings. The Morgan fingerprint density at radius 1 is 1.41 bits per heavy atom. The van der Waals surface area contributed by atoms with Crippen molar-refractivity contribution in [1.82, 2.24) is 10.2 Å². The molecule has 1 fully saturated rings. The van der Waals surface area contributed by atoms with Gasteiger partial charge in [0.05, 0.1) is 28.4 Å². The summed E-state index contributed by atoms with van der Waals surface area (Å²) in [6, 6.07) is -0.750. The second-order valence-corrected chi connectivity index (χ2v) is 9.30. The Hall–Kier alpha value is -1.83. The Labute approximate surface area is 158 Å². The fourth-order valence-corrected chi connectivity index (χ4v) is 5.34. The Kier molecular flexibility index (Phi) is 5.80. The van der Waals surface area contributed by atoms with Crippen molar-refractivity contribution in [2.45, 2.75) is 38.8 Å². The van der Waals surface area contributed by atoms with Gasteiger partial charge in [-0.3, -0.25) is 18.4 Å². The van der Waals surface area contributed by atoms with E-state index in [1.54, 1.807) is 0 Å². The minimum Gasteiger partial charge on any atom is -0.477 e. The van der Waals surface area contributed by atoms with Gasteiger partial charge < -0.3 is 15.3 Å². The van der Waals surface area contributed by atoms with Crippen LogP contribution in [0.25, 0.3) is 0 Å². The quantitative estimate of drug-likeness (QED) is 0.327. The molecule has 2 amide bonds. The summed E-state index contributed by atoms with van der Waals surface area (Å²) in [7, 11) is -6.59. The highest BCUT2D eigenvalue weighted by molar-refractivity contribution is 7.89. The number of carboxylic acids is 1. The highest BCUT2D eigenvalue weighted by atomic mass is 32.3. The van der Waals surface area contributed by atoms with Crippen LogP contribution in [0.1, 0.15) is 27.2 Å². The summed E-state index contributed by atoms with van der Waals surface area (Å²) in [5.41, 5.74) is -2.02. The first-order chi connectivity index (χ1) is 12.3. The van der Waals surface area contributed by atoms with E-state index >= 15 is 0 Å². The maximum atomic E-state index is 12.5. The lowest BCUT2D eigenvalue weighted by Crippen LogP contribution is -2.66. The number of nitrogens with one attached hydrogen (secondary N) is 1. The number of nitrogens with zero attached hydrogens (tertiary/aromatic N) is 1. The zero-order valence-electron chi connectivity index (χ0n) is 14.8. The SMILES string of the molecule is CC(=O)NCCS(=O)C1=C(C(=O)O)N2C(=O)C(C(C)(C)OS(=O)(=O)O)C2C1. The molecule has 0 saturated carbocycles. The van der Waals surface area contributed by atoms with Gasteiger partial charge in [0.1, 0.15) is 5.70 Å². The summed E-state index contributed by atoms with van der Waals surface area (Å²) in [5, 5.41) is 11.9. The Balaban J connectivity index is 2.24. The van der Waals surface area contributed by atoms with E-state index in [0.29, 0.717) is 0 Å². The van der Waals surface area contributed by atoms with Crippen LogP contribution in [-0.2, 0) is 39.8 Å². The second kappa shape index (κ2) is 7.30. The molecular weight excluding hydrogens is 404 g/mol. The van der Waals surface area contributed by atoms with E-state index in [9.17, 15) is 32.1 Å².